The molecule has 0 unspecified atom stereocenters. The molecule has 0 heterocycles. The fourth-order valence-electron chi connectivity index (χ4n) is 8.04. The highest BCUT2D eigenvalue weighted by molar-refractivity contribution is 14.2. The van der Waals surface area contributed by atoms with Crippen molar-refractivity contribution in [2.75, 3.05) is 0 Å². The van der Waals surface area contributed by atoms with E-state index < -0.39 is 42.0 Å². The van der Waals surface area contributed by atoms with Gasteiger partial charge in [0.15, 0.2) is 22.8 Å². The summed E-state index contributed by atoms with van der Waals surface area (Å²) in [5.74, 6) is -1.78. The number of hydrogen-bond donors (Lipinski definition) is 1. The van der Waals surface area contributed by atoms with Crippen LogP contribution in [0, 0.1) is 28.6 Å². The van der Waals surface area contributed by atoms with Crippen molar-refractivity contribution in [2.24, 2.45) is 28.6 Å². The number of esters is 1. The second kappa shape index (κ2) is 9.43. The summed E-state index contributed by atoms with van der Waals surface area (Å²) in [5.41, 5.74) is -4.64. The Kier molecular flexibility index (Phi) is 7.46. The van der Waals surface area contributed by atoms with E-state index in [0.717, 1.165) is 12.0 Å². The van der Waals surface area contributed by atoms with E-state index in [1.165, 1.54) is 12.2 Å². The van der Waals surface area contributed by atoms with Gasteiger partial charge < -0.3 is 9.84 Å². The minimum absolute atomic E-state index is 0.0203. The molecule has 0 aliphatic heterocycles. The highest BCUT2D eigenvalue weighted by Gasteiger charge is 2.77. The number of ether oxygens (including phenoxy) is 1. The van der Waals surface area contributed by atoms with Gasteiger partial charge in [-0.3, -0.25) is 14.4 Å². The Labute approximate surface area is 234 Å². The summed E-state index contributed by atoms with van der Waals surface area (Å²) in [6.45, 7) is 7.64. The maximum absolute atomic E-state index is 17.4. The van der Waals surface area contributed by atoms with Crippen molar-refractivity contribution in [3.05, 3.63) is 23.8 Å². The van der Waals surface area contributed by atoms with Gasteiger partial charge in [0.05, 0.1) is 6.10 Å². The van der Waals surface area contributed by atoms with Crippen LogP contribution in [0.3, 0.4) is 0 Å². The fraction of sp³-hybridized carbons (Fsp3) is 0.741. The average Bonchev–Trinajstić information content (AvgIpc) is 3.00. The molecule has 0 bridgehead atoms. The Morgan fingerprint density at radius 3 is 2.60 bits per heavy atom. The molecule has 194 valence electrons. The summed E-state index contributed by atoms with van der Waals surface area (Å²) in [4.78, 5) is 38.9. The number of fused-ring (bicyclic) bond motifs is 5. The largest absolute Gasteiger partial charge is 0.450 e. The molecule has 4 aliphatic rings. The maximum atomic E-state index is 17.4. The molecule has 3 saturated carbocycles. The monoisotopic (exact) mass is 712 g/mol. The normalized spacial score (nSPS) is 44.4. The SMILES string of the molecule is CCCCC(=O)O[C@]1(C(=O)C(I)I)[C@@H](C)C[C@H]2[C@@H]3CCC4=CC(=O)C=C[C@]4(C)[C@@]3(F)[C@@H](O)C[C@@]21C. The van der Waals surface area contributed by atoms with Gasteiger partial charge in [-0.05, 0) is 57.1 Å². The first-order valence-electron chi connectivity index (χ1n) is 12.6. The summed E-state index contributed by atoms with van der Waals surface area (Å²) in [6.07, 6.45) is 6.55. The Bertz CT molecular complexity index is 994. The lowest BCUT2D eigenvalue weighted by Gasteiger charge is -2.62. The predicted molar refractivity (Wildman–Crippen MR) is 148 cm³/mol. The third-order valence-corrected chi connectivity index (χ3v) is 10.9. The van der Waals surface area contributed by atoms with Gasteiger partial charge in [-0.25, -0.2) is 4.39 Å². The van der Waals surface area contributed by atoms with E-state index in [1.807, 2.05) is 20.8 Å². The third kappa shape index (κ3) is 3.76. The number of ketones is 2. The number of hydrogen-bond acceptors (Lipinski definition) is 5. The lowest BCUT2D eigenvalue weighted by atomic mass is 9.44. The van der Waals surface area contributed by atoms with E-state index in [4.69, 9.17) is 4.74 Å². The van der Waals surface area contributed by atoms with E-state index in [-0.39, 0.29) is 36.2 Å². The van der Waals surface area contributed by atoms with Gasteiger partial charge in [0.1, 0.15) is 1.93 Å². The van der Waals surface area contributed by atoms with Crippen LogP contribution in [0.15, 0.2) is 23.8 Å². The van der Waals surface area contributed by atoms with Crippen LogP contribution in [0.25, 0.3) is 0 Å². The summed E-state index contributed by atoms with van der Waals surface area (Å²) >= 11 is 4.12. The summed E-state index contributed by atoms with van der Waals surface area (Å²) < 4.78 is 23.2. The Hall–Kier alpha value is -0.360. The second-order valence-corrected chi connectivity index (χ2v) is 16.3. The number of halogens is 3. The van der Waals surface area contributed by atoms with Crippen LogP contribution >= 0.6 is 45.2 Å². The van der Waals surface area contributed by atoms with E-state index in [9.17, 15) is 19.5 Å². The van der Waals surface area contributed by atoms with Crippen LogP contribution in [-0.4, -0.2) is 41.9 Å². The van der Waals surface area contributed by atoms with Crippen molar-refractivity contribution in [3.63, 3.8) is 0 Å². The number of carbonyl (C=O) groups is 3. The quantitative estimate of drug-likeness (QED) is 0.213. The number of unbranched alkanes of at least 4 members (excludes halogenated alkanes) is 1. The van der Waals surface area contributed by atoms with Crippen LogP contribution in [0.5, 0.6) is 0 Å². The standard InChI is InChI=1S/C27H35FI2O5/c1-5-6-7-21(33)35-27(22(34)23(29)30)15(2)12-19-18-9-8-16-13-17(31)10-11-24(16,3)26(18,28)20(32)14-25(19,27)4/h10-11,13,15,18-20,23,32H,5-9,12,14H2,1-4H3/t15-,18-,19-,20-,24-,25-,26-,27-/m0/s1. The van der Waals surface area contributed by atoms with Gasteiger partial charge in [-0.2, -0.15) is 0 Å². The first kappa shape index (κ1) is 27.7. The van der Waals surface area contributed by atoms with Gasteiger partial charge in [0.2, 0.25) is 0 Å². The van der Waals surface area contributed by atoms with Gasteiger partial charge in [0, 0.05) is 29.1 Å². The van der Waals surface area contributed by atoms with Crippen LogP contribution in [0.1, 0.15) is 72.6 Å². The molecule has 3 fully saturated rings. The average molecular weight is 712 g/mol. The highest BCUT2D eigenvalue weighted by Crippen LogP contribution is 2.71. The molecule has 4 rings (SSSR count). The number of carbonyl (C=O) groups excluding carboxylic acids is 3. The number of allylic oxidation sites excluding steroid dienone is 4. The van der Waals surface area contributed by atoms with Crippen molar-refractivity contribution in [2.45, 2.75) is 91.9 Å². The zero-order valence-corrected chi connectivity index (χ0v) is 25.1. The molecule has 8 atom stereocenters. The molecule has 1 N–H and O–H groups in total. The minimum atomic E-state index is -1.97. The molecule has 8 heteroatoms. The van der Waals surface area contributed by atoms with Gasteiger partial charge >= 0.3 is 5.97 Å². The zero-order valence-electron chi connectivity index (χ0n) is 20.8. The molecule has 0 aromatic rings. The van der Waals surface area contributed by atoms with E-state index >= 15 is 4.39 Å². The topological polar surface area (TPSA) is 80.7 Å². The lowest BCUT2D eigenvalue weighted by molar-refractivity contribution is -0.227. The van der Waals surface area contributed by atoms with Crippen LogP contribution in [0.4, 0.5) is 4.39 Å². The fourth-order valence-corrected chi connectivity index (χ4v) is 8.96. The Morgan fingerprint density at radius 1 is 1.29 bits per heavy atom. The van der Waals surface area contributed by atoms with Gasteiger partial charge in [0.25, 0.3) is 0 Å². The minimum Gasteiger partial charge on any atom is -0.450 e. The molecule has 0 spiro atoms. The molecule has 0 aromatic carbocycles. The van der Waals surface area contributed by atoms with Crippen molar-refractivity contribution in [3.8, 4) is 0 Å². The van der Waals surface area contributed by atoms with Gasteiger partial charge in [-0.1, -0.05) is 84.0 Å². The number of Topliss-reactive ketones (excluding diaryl/α,β-unsaturated/α-hetero) is 1. The number of rotatable bonds is 6. The number of alkyl halides is 3. The van der Waals surface area contributed by atoms with E-state index in [1.54, 1.807) is 13.0 Å². The van der Waals surface area contributed by atoms with Gasteiger partial charge in [-0.15, -0.1) is 0 Å². The van der Waals surface area contributed by atoms with E-state index in [0.29, 0.717) is 25.7 Å². The van der Waals surface area contributed by atoms with Crippen LogP contribution in [0.2, 0.25) is 0 Å². The lowest BCUT2D eigenvalue weighted by Crippen LogP contribution is -2.70. The molecular weight excluding hydrogens is 677 g/mol. The number of aliphatic hydroxyl groups excluding tert-OH is 1. The Balaban J connectivity index is 1.82. The van der Waals surface area contributed by atoms with Crippen LogP contribution in [-0.2, 0) is 19.1 Å². The smallest absolute Gasteiger partial charge is 0.306 e. The van der Waals surface area contributed by atoms with Crippen molar-refractivity contribution >= 4 is 62.7 Å². The summed E-state index contributed by atoms with van der Waals surface area (Å²) in [7, 11) is 0. The second-order valence-electron chi connectivity index (χ2n) is 11.4. The molecule has 0 amide bonds. The van der Waals surface area contributed by atoms with Crippen LogP contribution < -0.4 is 0 Å². The Morgan fingerprint density at radius 2 is 1.97 bits per heavy atom. The van der Waals surface area contributed by atoms with Crippen molar-refractivity contribution in [1.29, 1.82) is 0 Å². The van der Waals surface area contributed by atoms with E-state index in [2.05, 4.69) is 45.2 Å². The molecular formula is C27H35FI2O5. The molecule has 0 radical (unpaired) electrons. The highest BCUT2D eigenvalue weighted by atomic mass is 127. The summed E-state index contributed by atoms with van der Waals surface area (Å²) in [6, 6.07) is 0. The molecule has 0 saturated heterocycles. The third-order valence-electron chi connectivity index (χ3n) is 9.75. The summed E-state index contributed by atoms with van der Waals surface area (Å²) in [5, 5.41) is 11.6. The molecule has 4 aliphatic carbocycles. The predicted octanol–water partition coefficient (Wildman–Crippen LogP) is 5.84. The number of aliphatic hydroxyl groups is 1. The first-order valence-corrected chi connectivity index (χ1v) is 15.1. The van der Waals surface area contributed by atoms with Crippen molar-refractivity contribution < 1.29 is 28.6 Å². The molecule has 0 aromatic heterocycles. The maximum Gasteiger partial charge on any atom is 0.306 e. The van der Waals surface area contributed by atoms with Crippen molar-refractivity contribution in [1.82, 2.24) is 0 Å². The first-order chi connectivity index (χ1) is 16.3. The molecule has 5 nitrogen and oxygen atoms in total. The molecule has 35 heavy (non-hydrogen) atoms. The zero-order chi connectivity index (χ0) is 26.0.